The van der Waals surface area contributed by atoms with Crippen molar-refractivity contribution in [2.45, 2.75) is 255 Å². The molecule has 0 aromatic rings. The fourth-order valence-corrected chi connectivity index (χ4v) is 16.6. The van der Waals surface area contributed by atoms with Gasteiger partial charge in [0.05, 0.1) is 37.9 Å². The predicted octanol–water partition coefficient (Wildman–Crippen LogP) is -0.0452. The molecule has 4 heterocycles. The van der Waals surface area contributed by atoms with Gasteiger partial charge in [-0.3, -0.25) is 4.79 Å². The van der Waals surface area contributed by atoms with Crippen molar-refractivity contribution in [3.05, 3.63) is 11.6 Å². The van der Waals surface area contributed by atoms with Crippen LogP contribution in [0.15, 0.2) is 11.6 Å². The lowest BCUT2D eigenvalue weighted by molar-refractivity contribution is -0.388. The second-order valence-electron chi connectivity index (χ2n) is 27.0. The zero-order chi connectivity index (χ0) is 58.4. The molecule has 0 aromatic carbocycles. The smallest absolute Gasteiger partial charge is 0.338 e. The van der Waals surface area contributed by atoms with E-state index in [1.165, 1.54) is 5.57 Å². The fraction of sp³-hybridized carbons (Fsp3) is 0.930. The van der Waals surface area contributed by atoms with Crippen LogP contribution in [0.25, 0.3) is 0 Å². The highest BCUT2D eigenvalue weighted by molar-refractivity contribution is 5.79. The summed E-state index contributed by atoms with van der Waals surface area (Å²) in [5.41, 5.74) is -1.31. The number of carbonyl (C=O) groups excluding carboxylic acids is 2. The number of fused-ring (bicyclic) bond motifs is 7. The van der Waals surface area contributed by atoms with E-state index in [0.717, 1.165) is 32.1 Å². The van der Waals surface area contributed by atoms with Crippen LogP contribution in [0.1, 0.15) is 132 Å². The van der Waals surface area contributed by atoms with Gasteiger partial charge in [-0.05, 0) is 115 Å². The van der Waals surface area contributed by atoms with Gasteiger partial charge in [-0.25, -0.2) is 4.79 Å². The summed E-state index contributed by atoms with van der Waals surface area (Å²) in [6.07, 6.45) is -22.6. The molecule has 0 unspecified atom stereocenters. The summed E-state index contributed by atoms with van der Waals surface area (Å²) in [5.74, 6) is -1.49. The summed E-state index contributed by atoms with van der Waals surface area (Å²) < 4.78 is 54.5. The molecule has 27 atom stereocenters. The molecule has 23 nitrogen and oxygen atoms in total. The van der Waals surface area contributed by atoms with Gasteiger partial charge >= 0.3 is 11.9 Å². The fourth-order valence-electron chi connectivity index (χ4n) is 16.6. The van der Waals surface area contributed by atoms with Crippen LogP contribution < -0.4 is 0 Å². The molecule has 8 fully saturated rings. The Balaban J connectivity index is 1.000. The maximum atomic E-state index is 14.8. The Bertz CT molecular complexity index is 2210. The van der Waals surface area contributed by atoms with Crippen LogP contribution in [0.5, 0.6) is 0 Å². The van der Waals surface area contributed by atoms with Crippen LogP contribution >= 0.6 is 0 Å². The molecule has 4 saturated carbocycles. The molecule has 0 spiro atoms. The number of unbranched alkanes of at least 4 members (excludes halogenated alkanes) is 1. The van der Waals surface area contributed by atoms with Gasteiger partial charge in [0.15, 0.2) is 25.0 Å². The summed E-state index contributed by atoms with van der Waals surface area (Å²) in [5, 5.41) is 129. The number of aliphatic hydroxyl groups is 12. The van der Waals surface area contributed by atoms with E-state index in [-0.39, 0.29) is 46.0 Å². The lowest BCUT2D eigenvalue weighted by Gasteiger charge is -2.71. The van der Waals surface area contributed by atoms with Crippen molar-refractivity contribution in [3.63, 3.8) is 0 Å². The van der Waals surface area contributed by atoms with Crippen molar-refractivity contribution < 1.29 is 113 Å². The topological polar surface area (TPSA) is 360 Å². The van der Waals surface area contributed by atoms with Crippen LogP contribution in [-0.4, -0.2) is 222 Å². The molecule has 9 aliphatic rings. The molecule has 0 radical (unpaired) electrons. The van der Waals surface area contributed by atoms with Crippen molar-refractivity contribution in [2.24, 2.45) is 50.2 Å². The van der Waals surface area contributed by atoms with Gasteiger partial charge in [-0.2, -0.15) is 0 Å². The summed E-state index contributed by atoms with van der Waals surface area (Å²) in [6.45, 7) is 15.8. The van der Waals surface area contributed by atoms with Crippen molar-refractivity contribution in [3.8, 4) is 0 Å². The van der Waals surface area contributed by atoms with Crippen molar-refractivity contribution in [2.75, 3.05) is 26.4 Å². The van der Waals surface area contributed by atoms with Crippen LogP contribution in [0.3, 0.4) is 0 Å². The van der Waals surface area contributed by atoms with E-state index in [1.807, 2.05) is 6.92 Å². The monoisotopic (exact) mass is 1140 g/mol. The average Bonchev–Trinajstić information content (AvgIpc) is 3.60. The third-order valence-corrected chi connectivity index (χ3v) is 21.7. The Labute approximate surface area is 467 Å². The van der Waals surface area contributed by atoms with E-state index in [4.69, 9.17) is 42.6 Å². The molecule has 80 heavy (non-hydrogen) atoms. The van der Waals surface area contributed by atoms with E-state index in [1.54, 1.807) is 0 Å². The van der Waals surface area contributed by atoms with Crippen molar-refractivity contribution in [1.29, 1.82) is 0 Å². The Morgan fingerprint density at radius 3 is 1.89 bits per heavy atom. The SMILES string of the molecule is CCCCOC(=O)[C@H]1O[C@@H](O[C@H]2CC[C@]3(C)[C@H]4CC=C5[C@@H]6CC(C)(C)CC[C@]6(C(=O)O[C@@H]6O[C@H](CO)[C@@H](O)[C@H](O)[C@H]6O)CC[C@@]5(C)[C@]4(C)CC[C@H]3C2(C)C)[C@H](O[C@@H]2O[C@H](CO)[C@@H](O)[C@H](O)[C@H]2O)[C@@H](O)[C@@H]1O[C@@H]1OC[C@H](O)[C@H](O)[C@H]1O. The molecule has 0 amide bonds. The number of rotatable bonds is 14. The van der Waals surface area contributed by atoms with Gasteiger partial charge < -0.3 is 104 Å². The number of esters is 2. The van der Waals surface area contributed by atoms with Crippen LogP contribution in [0, 0.1) is 50.2 Å². The Morgan fingerprint density at radius 2 is 1.24 bits per heavy atom. The molecule has 4 aliphatic heterocycles. The summed E-state index contributed by atoms with van der Waals surface area (Å²) in [6, 6.07) is 0. The molecular formula is C57H92O23. The normalized spacial score (nSPS) is 50.9. The molecule has 9 rings (SSSR count). The number of aliphatic hydroxyl groups excluding tert-OH is 12. The predicted molar refractivity (Wildman–Crippen MR) is 276 cm³/mol. The maximum Gasteiger partial charge on any atom is 0.338 e. The largest absolute Gasteiger partial charge is 0.464 e. The van der Waals surface area contributed by atoms with Gasteiger partial charge in [0.2, 0.25) is 6.29 Å². The van der Waals surface area contributed by atoms with Gasteiger partial charge in [0.25, 0.3) is 0 Å². The second kappa shape index (κ2) is 23.3. The summed E-state index contributed by atoms with van der Waals surface area (Å²) in [7, 11) is 0. The molecule has 12 N–H and O–H groups in total. The zero-order valence-corrected chi connectivity index (χ0v) is 47.5. The van der Waals surface area contributed by atoms with Gasteiger partial charge in [0.1, 0.15) is 85.5 Å². The number of hydrogen-bond donors (Lipinski definition) is 12. The quantitative estimate of drug-likeness (QED) is 0.0470. The molecule has 0 bridgehead atoms. The number of hydrogen-bond acceptors (Lipinski definition) is 23. The molecular weight excluding hydrogens is 1050 g/mol. The Morgan fingerprint density at radius 1 is 0.625 bits per heavy atom. The van der Waals surface area contributed by atoms with Gasteiger partial charge in [0, 0.05) is 0 Å². The third kappa shape index (κ3) is 10.6. The summed E-state index contributed by atoms with van der Waals surface area (Å²) in [4.78, 5) is 28.9. The second-order valence-corrected chi connectivity index (χ2v) is 27.0. The van der Waals surface area contributed by atoms with Crippen molar-refractivity contribution >= 4 is 11.9 Å². The maximum absolute atomic E-state index is 14.8. The minimum absolute atomic E-state index is 0.0227. The molecule has 458 valence electrons. The van der Waals surface area contributed by atoms with E-state index >= 15 is 0 Å². The highest BCUT2D eigenvalue weighted by atomic mass is 16.8. The van der Waals surface area contributed by atoms with Gasteiger partial charge in [-0.1, -0.05) is 73.5 Å². The van der Waals surface area contributed by atoms with E-state index in [0.29, 0.717) is 44.9 Å². The highest BCUT2D eigenvalue weighted by Crippen LogP contribution is 2.76. The lowest BCUT2D eigenvalue weighted by Crippen LogP contribution is -2.68. The minimum atomic E-state index is -1.94. The molecule has 23 heteroatoms. The first-order chi connectivity index (χ1) is 37.5. The summed E-state index contributed by atoms with van der Waals surface area (Å²) >= 11 is 0. The molecule has 4 saturated heterocycles. The highest BCUT2D eigenvalue weighted by Gasteiger charge is 2.70. The third-order valence-electron chi connectivity index (χ3n) is 21.7. The molecule has 5 aliphatic carbocycles. The lowest BCUT2D eigenvalue weighted by atomic mass is 9.33. The zero-order valence-electron chi connectivity index (χ0n) is 47.5. The first kappa shape index (κ1) is 62.5. The minimum Gasteiger partial charge on any atom is -0.464 e. The van der Waals surface area contributed by atoms with E-state index in [9.17, 15) is 70.9 Å². The standard InChI is InChI=1S/C57H92O23/c1-9-10-21-72-46(70)45-43(77-47-39(66)34(61)28(60)25-73-47)42(69)44(78-48-40(67)37(64)35(62)29(23-58)74-48)50(79-45)76-33-14-15-54(6)31(53(33,4)5)13-16-56(8)32(54)12-11-26-27-22-52(2,3)17-19-57(27,20-18-55(26,56)7)51(71)80-49-41(68)38(65)36(63)30(24-59)75-49/h11,27-45,47-50,58-69H,9-10,12-25H2,1-8H3/t27-,28-,29+,30+,31-,32+,33-,34-,35+,36+,37-,38-,39+,40+,41+,42-,43-,44+,45-,47-,48-,49-,50+,54-,55+,56+,57-/m0/s1. The molecule has 0 aromatic heterocycles. The Kier molecular flexibility index (Phi) is 18.2. The number of ether oxygens (including phenoxy) is 9. The van der Waals surface area contributed by atoms with Crippen molar-refractivity contribution in [1.82, 2.24) is 0 Å². The first-order valence-electron chi connectivity index (χ1n) is 29.2. The van der Waals surface area contributed by atoms with Gasteiger partial charge in [-0.15, -0.1) is 0 Å². The number of allylic oxidation sites excluding steroid dienone is 2. The van der Waals surface area contributed by atoms with E-state index in [2.05, 4.69) is 54.5 Å². The van der Waals surface area contributed by atoms with E-state index < -0.39 is 165 Å². The Hall–Kier alpha value is -2.08. The van der Waals surface area contributed by atoms with Crippen LogP contribution in [0.2, 0.25) is 0 Å². The van der Waals surface area contributed by atoms with Crippen LogP contribution in [-0.2, 0) is 52.2 Å². The van der Waals surface area contributed by atoms with Crippen LogP contribution in [0.4, 0.5) is 0 Å². The first-order valence-corrected chi connectivity index (χ1v) is 29.2. The average molecular weight is 1150 g/mol. The number of carbonyl (C=O) groups is 2.